The lowest BCUT2D eigenvalue weighted by Crippen LogP contribution is -2.22. The van der Waals surface area contributed by atoms with Crippen molar-refractivity contribution in [3.05, 3.63) is 0 Å². The predicted molar refractivity (Wildman–Crippen MR) is 38.5 cm³/mol. The third-order valence-electron chi connectivity index (χ3n) is 1.53. The molecule has 0 aromatic heterocycles. The lowest BCUT2D eigenvalue weighted by molar-refractivity contribution is -0.00648. The van der Waals surface area contributed by atoms with Crippen LogP contribution in [0.1, 0.15) is 19.3 Å². The normalized spacial score (nSPS) is 28.3. The van der Waals surface area contributed by atoms with Gasteiger partial charge in [0.1, 0.15) is 0 Å². The fourth-order valence-corrected chi connectivity index (χ4v) is 1.19. The van der Waals surface area contributed by atoms with Gasteiger partial charge in [-0.2, -0.15) is 0 Å². The SMILES string of the molecule is SOCC1CCCCO1. The summed E-state index contributed by atoms with van der Waals surface area (Å²) >= 11 is 3.65. The summed E-state index contributed by atoms with van der Waals surface area (Å²) in [6, 6.07) is 0. The van der Waals surface area contributed by atoms with Gasteiger partial charge < -0.3 is 8.92 Å². The highest BCUT2D eigenvalue weighted by Crippen LogP contribution is 2.12. The van der Waals surface area contributed by atoms with Crippen LogP contribution in [0.15, 0.2) is 0 Å². The molecule has 1 rings (SSSR count). The summed E-state index contributed by atoms with van der Waals surface area (Å²) in [7, 11) is 0. The van der Waals surface area contributed by atoms with E-state index in [1.54, 1.807) is 0 Å². The second-order valence-corrected chi connectivity index (χ2v) is 2.54. The maximum absolute atomic E-state index is 5.34. The molecular weight excluding hydrogens is 136 g/mol. The van der Waals surface area contributed by atoms with E-state index in [0.29, 0.717) is 12.7 Å². The fourth-order valence-electron chi connectivity index (χ4n) is 1.02. The van der Waals surface area contributed by atoms with E-state index in [1.165, 1.54) is 12.8 Å². The molecule has 9 heavy (non-hydrogen) atoms. The molecule has 0 aromatic carbocycles. The van der Waals surface area contributed by atoms with Crippen LogP contribution in [-0.2, 0) is 8.92 Å². The molecule has 0 radical (unpaired) electrons. The Labute approximate surface area is 61.1 Å². The van der Waals surface area contributed by atoms with E-state index in [0.717, 1.165) is 13.0 Å². The van der Waals surface area contributed by atoms with Gasteiger partial charge >= 0.3 is 0 Å². The Hall–Kier alpha value is 0.270. The minimum Gasteiger partial charge on any atom is -0.376 e. The smallest absolute Gasteiger partial charge is 0.0872 e. The molecule has 0 amide bonds. The topological polar surface area (TPSA) is 18.5 Å². The van der Waals surface area contributed by atoms with Gasteiger partial charge in [0.25, 0.3) is 0 Å². The van der Waals surface area contributed by atoms with Gasteiger partial charge in [-0.1, -0.05) is 0 Å². The van der Waals surface area contributed by atoms with E-state index < -0.39 is 0 Å². The molecular formula is C6H12O2S. The van der Waals surface area contributed by atoms with E-state index in [2.05, 4.69) is 17.1 Å². The molecule has 2 nitrogen and oxygen atoms in total. The maximum atomic E-state index is 5.34. The molecule has 1 aliphatic rings. The van der Waals surface area contributed by atoms with E-state index in [1.807, 2.05) is 0 Å². The lowest BCUT2D eigenvalue weighted by Gasteiger charge is -2.20. The van der Waals surface area contributed by atoms with Crippen molar-refractivity contribution in [3.8, 4) is 0 Å². The van der Waals surface area contributed by atoms with Gasteiger partial charge in [-0.3, -0.25) is 0 Å². The number of hydrogen-bond acceptors (Lipinski definition) is 3. The summed E-state index contributed by atoms with van der Waals surface area (Å²) < 4.78 is 10.00. The number of thiol groups is 1. The first-order valence-corrected chi connectivity index (χ1v) is 3.68. The molecule has 3 heteroatoms. The van der Waals surface area contributed by atoms with Gasteiger partial charge in [-0.25, -0.2) is 0 Å². The van der Waals surface area contributed by atoms with Crippen LogP contribution in [0.5, 0.6) is 0 Å². The van der Waals surface area contributed by atoms with Crippen LogP contribution in [-0.4, -0.2) is 19.3 Å². The molecule has 54 valence electrons. The first-order chi connectivity index (χ1) is 4.43. The largest absolute Gasteiger partial charge is 0.376 e. The highest BCUT2D eigenvalue weighted by atomic mass is 32.1. The minimum absolute atomic E-state index is 0.302. The molecule has 0 saturated carbocycles. The van der Waals surface area contributed by atoms with E-state index >= 15 is 0 Å². The van der Waals surface area contributed by atoms with Crippen molar-refractivity contribution in [2.24, 2.45) is 0 Å². The highest BCUT2D eigenvalue weighted by molar-refractivity contribution is 7.75. The molecule has 0 aliphatic carbocycles. The molecule has 0 bridgehead atoms. The van der Waals surface area contributed by atoms with Gasteiger partial charge in [-0.15, -0.1) is 0 Å². The Balaban J connectivity index is 2.08. The van der Waals surface area contributed by atoms with Crippen molar-refractivity contribution in [1.82, 2.24) is 0 Å². The molecule has 1 aliphatic heterocycles. The molecule has 0 N–H and O–H groups in total. The van der Waals surface area contributed by atoms with Crippen molar-refractivity contribution in [1.29, 1.82) is 0 Å². The monoisotopic (exact) mass is 148 g/mol. The summed E-state index contributed by atoms with van der Waals surface area (Å²) in [6.45, 7) is 1.52. The van der Waals surface area contributed by atoms with Crippen LogP contribution in [0.3, 0.4) is 0 Å². The molecule has 1 fully saturated rings. The molecule has 1 atom stereocenters. The number of hydrogen-bond donors (Lipinski definition) is 1. The summed E-state index contributed by atoms with van der Waals surface area (Å²) in [5.74, 6) is 0. The van der Waals surface area contributed by atoms with E-state index in [9.17, 15) is 0 Å². The van der Waals surface area contributed by atoms with Gasteiger partial charge in [-0.05, 0) is 32.2 Å². The van der Waals surface area contributed by atoms with Crippen LogP contribution in [0.25, 0.3) is 0 Å². The quantitative estimate of drug-likeness (QED) is 0.471. The zero-order valence-corrected chi connectivity index (χ0v) is 6.27. The Morgan fingerprint density at radius 3 is 3.00 bits per heavy atom. The standard InChI is InChI=1S/C6H12O2S/c9-8-5-6-3-1-2-4-7-6/h6,9H,1-5H2. The van der Waals surface area contributed by atoms with Crippen molar-refractivity contribution in [2.45, 2.75) is 25.4 Å². The Bertz CT molecular complexity index is 68.7. The molecule has 0 spiro atoms. The zero-order valence-electron chi connectivity index (χ0n) is 5.38. The first kappa shape index (κ1) is 7.38. The maximum Gasteiger partial charge on any atom is 0.0872 e. The minimum atomic E-state index is 0.302. The van der Waals surface area contributed by atoms with Gasteiger partial charge in [0.2, 0.25) is 0 Å². The van der Waals surface area contributed by atoms with Gasteiger partial charge in [0.15, 0.2) is 0 Å². The summed E-state index contributed by atoms with van der Waals surface area (Å²) in [5, 5.41) is 0. The van der Waals surface area contributed by atoms with Crippen molar-refractivity contribution >= 4 is 12.9 Å². The first-order valence-electron chi connectivity index (χ1n) is 3.31. The molecule has 1 heterocycles. The summed E-state index contributed by atoms with van der Waals surface area (Å²) in [5.41, 5.74) is 0. The summed E-state index contributed by atoms with van der Waals surface area (Å²) in [4.78, 5) is 0. The second-order valence-electron chi connectivity index (χ2n) is 2.28. The van der Waals surface area contributed by atoms with Crippen LogP contribution in [0.4, 0.5) is 0 Å². The van der Waals surface area contributed by atoms with Gasteiger partial charge in [0.05, 0.1) is 12.7 Å². The molecule has 1 saturated heterocycles. The summed E-state index contributed by atoms with van der Waals surface area (Å²) in [6.07, 6.45) is 3.89. The Kier molecular flexibility index (Phi) is 3.40. The highest BCUT2D eigenvalue weighted by Gasteiger charge is 2.12. The van der Waals surface area contributed by atoms with Crippen LogP contribution in [0.2, 0.25) is 0 Å². The number of rotatable bonds is 2. The molecule has 1 unspecified atom stereocenters. The van der Waals surface area contributed by atoms with Crippen LogP contribution in [0, 0.1) is 0 Å². The number of ether oxygens (including phenoxy) is 1. The van der Waals surface area contributed by atoms with Crippen molar-refractivity contribution in [2.75, 3.05) is 13.2 Å². The van der Waals surface area contributed by atoms with Crippen molar-refractivity contribution in [3.63, 3.8) is 0 Å². The van der Waals surface area contributed by atoms with Crippen LogP contribution >= 0.6 is 12.9 Å². The van der Waals surface area contributed by atoms with E-state index in [4.69, 9.17) is 4.74 Å². The lowest BCUT2D eigenvalue weighted by atomic mass is 10.1. The fraction of sp³-hybridized carbons (Fsp3) is 1.00. The van der Waals surface area contributed by atoms with E-state index in [-0.39, 0.29) is 0 Å². The zero-order chi connectivity index (χ0) is 6.53. The average Bonchev–Trinajstić information content (AvgIpc) is 1.91. The third-order valence-corrected chi connectivity index (χ3v) is 1.68. The van der Waals surface area contributed by atoms with Crippen molar-refractivity contribution < 1.29 is 8.92 Å². The Morgan fingerprint density at radius 2 is 2.44 bits per heavy atom. The molecule has 0 aromatic rings. The van der Waals surface area contributed by atoms with Gasteiger partial charge in [0, 0.05) is 6.61 Å². The third kappa shape index (κ3) is 2.56. The van der Waals surface area contributed by atoms with Crippen LogP contribution < -0.4 is 0 Å². The average molecular weight is 148 g/mol. The predicted octanol–water partition coefficient (Wildman–Crippen LogP) is 1.42. The second kappa shape index (κ2) is 4.14. The Morgan fingerprint density at radius 1 is 1.56 bits per heavy atom.